The van der Waals surface area contributed by atoms with Gasteiger partial charge in [0.25, 0.3) is 0 Å². The van der Waals surface area contributed by atoms with Gasteiger partial charge in [0.05, 0.1) is 6.04 Å². The molecule has 0 fully saturated rings. The van der Waals surface area contributed by atoms with Gasteiger partial charge in [-0.15, -0.1) is 12.3 Å². The Hall–Kier alpha value is -0.570. The molecule has 0 amide bonds. The minimum atomic E-state index is -0.740. The lowest BCUT2D eigenvalue weighted by molar-refractivity contribution is -0.151. The first-order chi connectivity index (χ1) is 6.82. The van der Waals surface area contributed by atoms with Crippen LogP contribution in [0.4, 0.5) is 0 Å². The fraction of sp³-hybridized carbons (Fsp3) is 0.700. The average molecular weight is 277 g/mol. The summed E-state index contributed by atoms with van der Waals surface area (Å²) in [6.45, 7) is 3.54. The summed E-state index contributed by atoms with van der Waals surface area (Å²) < 4.78 is 4.41. The summed E-state index contributed by atoms with van der Waals surface area (Å²) in [5.74, 6) is 2.01. The quantitative estimate of drug-likeness (QED) is 0.432. The van der Waals surface area contributed by atoms with Crippen LogP contribution in [0.5, 0.6) is 0 Å². The number of hydrogen-bond acceptors (Lipinski definition) is 4. The molecule has 0 spiro atoms. The van der Waals surface area contributed by atoms with E-state index in [-0.39, 0.29) is 6.54 Å². The predicted octanol–water partition coefficient (Wildman–Crippen LogP) is 0.381. The molecule has 0 aliphatic carbocycles. The standard InChI is InChI=1S/C10H17BrN2O2/c1-4-5-7(13)8(6-12)15-9(14)10(2,3)11/h1,7-8H,5-6,12-13H2,2-3H3. The van der Waals surface area contributed by atoms with Gasteiger partial charge >= 0.3 is 5.97 Å². The maximum atomic E-state index is 11.5. The summed E-state index contributed by atoms with van der Waals surface area (Å²) in [5, 5.41) is 0. The summed E-state index contributed by atoms with van der Waals surface area (Å²) in [7, 11) is 0. The Morgan fingerprint density at radius 3 is 2.53 bits per heavy atom. The number of halogens is 1. The van der Waals surface area contributed by atoms with Gasteiger partial charge in [-0.3, -0.25) is 4.79 Å². The Morgan fingerprint density at radius 1 is 1.67 bits per heavy atom. The zero-order valence-electron chi connectivity index (χ0n) is 9.00. The van der Waals surface area contributed by atoms with Crippen molar-refractivity contribution >= 4 is 21.9 Å². The smallest absolute Gasteiger partial charge is 0.322 e. The molecule has 2 atom stereocenters. The molecule has 0 heterocycles. The van der Waals surface area contributed by atoms with Crippen molar-refractivity contribution in [3.63, 3.8) is 0 Å². The number of esters is 1. The highest BCUT2D eigenvalue weighted by Crippen LogP contribution is 2.19. The van der Waals surface area contributed by atoms with Crippen molar-refractivity contribution in [3.05, 3.63) is 0 Å². The molecule has 0 aliphatic rings. The zero-order chi connectivity index (χ0) is 12.1. The number of carbonyl (C=O) groups excluding carboxylic acids is 1. The van der Waals surface area contributed by atoms with E-state index >= 15 is 0 Å². The van der Waals surface area contributed by atoms with E-state index in [4.69, 9.17) is 22.6 Å². The molecule has 0 radical (unpaired) electrons. The van der Waals surface area contributed by atoms with Gasteiger partial charge in [0.15, 0.2) is 0 Å². The van der Waals surface area contributed by atoms with Gasteiger partial charge in [0, 0.05) is 13.0 Å². The Balaban J connectivity index is 4.35. The van der Waals surface area contributed by atoms with Crippen LogP contribution in [0, 0.1) is 12.3 Å². The number of carbonyl (C=O) groups is 1. The molecule has 4 nitrogen and oxygen atoms in total. The first-order valence-electron chi connectivity index (χ1n) is 4.62. The lowest BCUT2D eigenvalue weighted by Gasteiger charge is -2.24. The van der Waals surface area contributed by atoms with Gasteiger partial charge < -0.3 is 16.2 Å². The van der Waals surface area contributed by atoms with E-state index in [2.05, 4.69) is 21.9 Å². The topological polar surface area (TPSA) is 78.3 Å². The fourth-order valence-electron chi connectivity index (χ4n) is 0.855. The van der Waals surface area contributed by atoms with Gasteiger partial charge in [-0.05, 0) is 13.8 Å². The minimum absolute atomic E-state index is 0.164. The van der Waals surface area contributed by atoms with Crippen LogP contribution in [0.3, 0.4) is 0 Å². The lowest BCUT2D eigenvalue weighted by Crippen LogP contribution is -2.45. The number of nitrogens with two attached hydrogens (primary N) is 2. The molecule has 2 unspecified atom stereocenters. The van der Waals surface area contributed by atoms with E-state index in [1.807, 2.05) is 0 Å². The van der Waals surface area contributed by atoms with Crippen molar-refractivity contribution in [3.8, 4) is 12.3 Å². The van der Waals surface area contributed by atoms with Crippen molar-refractivity contribution in [1.82, 2.24) is 0 Å². The fourth-order valence-corrected chi connectivity index (χ4v) is 0.949. The number of alkyl halides is 1. The Bertz CT molecular complexity index is 255. The summed E-state index contributed by atoms with van der Waals surface area (Å²) in [4.78, 5) is 11.5. The third-order valence-electron chi connectivity index (χ3n) is 1.81. The highest BCUT2D eigenvalue weighted by Gasteiger charge is 2.29. The molecule has 0 aromatic carbocycles. The second-order valence-corrected chi connectivity index (χ2v) is 5.71. The molecule has 5 heteroatoms. The molecule has 0 rings (SSSR count). The van der Waals surface area contributed by atoms with Crippen molar-refractivity contribution < 1.29 is 9.53 Å². The first-order valence-corrected chi connectivity index (χ1v) is 5.41. The van der Waals surface area contributed by atoms with Gasteiger partial charge in [-0.2, -0.15) is 0 Å². The zero-order valence-corrected chi connectivity index (χ0v) is 10.6. The Labute approximate surface area is 98.8 Å². The normalized spacial score (nSPS) is 15.2. The molecular weight excluding hydrogens is 260 g/mol. The monoisotopic (exact) mass is 276 g/mol. The molecule has 0 saturated heterocycles. The lowest BCUT2D eigenvalue weighted by atomic mass is 10.1. The highest BCUT2D eigenvalue weighted by molar-refractivity contribution is 9.10. The van der Waals surface area contributed by atoms with Crippen LogP contribution in [0.25, 0.3) is 0 Å². The SMILES string of the molecule is C#CCC(N)C(CN)OC(=O)C(C)(C)Br. The Kier molecular flexibility index (Phi) is 5.88. The van der Waals surface area contributed by atoms with Crippen LogP contribution in [-0.4, -0.2) is 29.0 Å². The Morgan fingerprint density at radius 2 is 2.20 bits per heavy atom. The molecule has 0 aromatic rings. The molecule has 0 bridgehead atoms. The third kappa shape index (κ3) is 5.17. The van der Waals surface area contributed by atoms with Crippen LogP contribution in [0.15, 0.2) is 0 Å². The van der Waals surface area contributed by atoms with Gasteiger partial charge in [0.2, 0.25) is 0 Å². The number of terminal acetylenes is 1. The molecule has 4 N–H and O–H groups in total. The van der Waals surface area contributed by atoms with Crippen LogP contribution in [0.2, 0.25) is 0 Å². The van der Waals surface area contributed by atoms with Crippen LogP contribution < -0.4 is 11.5 Å². The molecule has 0 saturated carbocycles. The van der Waals surface area contributed by atoms with Crippen LogP contribution in [0.1, 0.15) is 20.3 Å². The van der Waals surface area contributed by atoms with E-state index in [0.717, 1.165) is 0 Å². The predicted molar refractivity (Wildman–Crippen MR) is 63.4 cm³/mol. The van der Waals surface area contributed by atoms with Crippen LogP contribution in [-0.2, 0) is 9.53 Å². The summed E-state index contributed by atoms with van der Waals surface area (Å²) in [6, 6.07) is -0.418. The maximum absolute atomic E-state index is 11.5. The highest BCUT2D eigenvalue weighted by atomic mass is 79.9. The van der Waals surface area contributed by atoms with E-state index in [9.17, 15) is 4.79 Å². The van der Waals surface area contributed by atoms with Crippen molar-refractivity contribution in [1.29, 1.82) is 0 Å². The van der Waals surface area contributed by atoms with Crippen molar-refractivity contribution in [2.45, 2.75) is 36.7 Å². The van der Waals surface area contributed by atoms with E-state index in [1.54, 1.807) is 13.8 Å². The van der Waals surface area contributed by atoms with Gasteiger partial charge in [-0.25, -0.2) is 0 Å². The molecular formula is C10H17BrN2O2. The largest absolute Gasteiger partial charge is 0.458 e. The van der Waals surface area contributed by atoms with E-state index in [1.165, 1.54) is 0 Å². The second kappa shape index (κ2) is 6.11. The molecule has 0 aliphatic heterocycles. The van der Waals surface area contributed by atoms with Gasteiger partial charge in [-0.1, -0.05) is 15.9 Å². The molecule has 15 heavy (non-hydrogen) atoms. The third-order valence-corrected chi connectivity index (χ3v) is 2.13. The van der Waals surface area contributed by atoms with Crippen molar-refractivity contribution in [2.75, 3.05) is 6.54 Å². The summed E-state index contributed by atoms with van der Waals surface area (Å²) in [6.07, 6.45) is 4.91. The number of rotatable bonds is 5. The van der Waals surface area contributed by atoms with Gasteiger partial charge in [0.1, 0.15) is 10.4 Å². The average Bonchev–Trinajstić information content (AvgIpc) is 2.12. The first kappa shape index (κ1) is 14.4. The second-order valence-electron chi connectivity index (χ2n) is 3.72. The van der Waals surface area contributed by atoms with Crippen LogP contribution >= 0.6 is 15.9 Å². The minimum Gasteiger partial charge on any atom is -0.458 e. The number of ether oxygens (including phenoxy) is 1. The summed E-state index contributed by atoms with van der Waals surface area (Å²) in [5.41, 5.74) is 11.2. The van der Waals surface area contributed by atoms with E-state index < -0.39 is 22.4 Å². The molecule has 86 valence electrons. The molecule has 0 aromatic heterocycles. The maximum Gasteiger partial charge on any atom is 0.322 e. The van der Waals surface area contributed by atoms with Crippen molar-refractivity contribution in [2.24, 2.45) is 11.5 Å². The van der Waals surface area contributed by atoms with E-state index in [0.29, 0.717) is 6.42 Å². The number of hydrogen-bond donors (Lipinski definition) is 2. The summed E-state index contributed by atoms with van der Waals surface area (Å²) >= 11 is 3.19.